The third kappa shape index (κ3) is 3.20. The monoisotopic (exact) mass is 245 g/mol. The fraction of sp³-hybridized carbons (Fsp3) is 0.562. The van der Waals surface area contributed by atoms with Crippen molar-refractivity contribution in [3.8, 4) is 0 Å². The van der Waals surface area contributed by atoms with Crippen molar-refractivity contribution in [3.05, 3.63) is 35.9 Å². The van der Waals surface area contributed by atoms with Gasteiger partial charge in [0.05, 0.1) is 0 Å². The number of ketones is 1. The predicted octanol–water partition coefficient (Wildman–Crippen LogP) is 3.24. The summed E-state index contributed by atoms with van der Waals surface area (Å²) in [6, 6.07) is 10.2. The van der Waals surface area contributed by atoms with Gasteiger partial charge in [-0.2, -0.15) is 0 Å². The van der Waals surface area contributed by atoms with E-state index in [0.717, 1.165) is 18.0 Å². The zero-order chi connectivity index (χ0) is 13.1. The van der Waals surface area contributed by atoms with Crippen molar-refractivity contribution < 1.29 is 4.79 Å². The van der Waals surface area contributed by atoms with Gasteiger partial charge >= 0.3 is 0 Å². The van der Waals surface area contributed by atoms with E-state index in [-0.39, 0.29) is 11.7 Å². The van der Waals surface area contributed by atoms with Crippen LogP contribution >= 0.6 is 0 Å². The van der Waals surface area contributed by atoms with E-state index in [2.05, 4.69) is 18.9 Å². The van der Waals surface area contributed by atoms with E-state index >= 15 is 0 Å². The van der Waals surface area contributed by atoms with Gasteiger partial charge < -0.3 is 4.90 Å². The summed E-state index contributed by atoms with van der Waals surface area (Å²) in [5, 5.41) is 0. The van der Waals surface area contributed by atoms with Crippen LogP contribution in [-0.2, 0) is 0 Å². The standard InChI is InChI=1S/C16H23NO/c1-12(11-17(3)13(2)14-9-10-14)16(18)15-7-5-4-6-8-15/h4-8,12-14H,9-11H2,1-3H3. The van der Waals surface area contributed by atoms with Crippen molar-refractivity contribution >= 4 is 5.78 Å². The Morgan fingerprint density at radius 1 is 1.28 bits per heavy atom. The largest absolute Gasteiger partial charge is 0.303 e. The molecule has 2 atom stereocenters. The number of hydrogen-bond acceptors (Lipinski definition) is 2. The molecule has 0 aromatic heterocycles. The van der Waals surface area contributed by atoms with Gasteiger partial charge in [-0.05, 0) is 32.7 Å². The van der Waals surface area contributed by atoms with E-state index in [1.54, 1.807) is 0 Å². The average molecular weight is 245 g/mol. The Morgan fingerprint density at radius 2 is 1.89 bits per heavy atom. The summed E-state index contributed by atoms with van der Waals surface area (Å²) in [6.07, 6.45) is 2.71. The van der Waals surface area contributed by atoms with Crippen LogP contribution in [0.5, 0.6) is 0 Å². The summed E-state index contributed by atoms with van der Waals surface area (Å²) in [5.74, 6) is 1.18. The highest BCUT2D eigenvalue weighted by atomic mass is 16.1. The average Bonchev–Trinajstić information content (AvgIpc) is 3.22. The number of benzene rings is 1. The third-order valence-corrected chi connectivity index (χ3v) is 4.07. The Hall–Kier alpha value is -1.15. The molecule has 0 radical (unpaired) electrons. The van der Waals surface area contributed by atoms with E-state index in [1.807, 2.05) is 37.3 Å². The lowest BCUT2D eigenvalue weighted by atomic mass is 9.98. The zero-order valence-electron chi connectivity index (χ0n) is 11.6. The van der Waals surface area contributed by atoms with E-state index in [9.17, 15) is 4.79 Å². The van der Waals surface area contributed by atoms with Crippen molar-refractivity contribution in [1.82, 2.24) is 4.90 Å². The predicted molar refractivity (Wildman–Crippen MR) is 74.8 cm³/mol. The molecule has 1 aromatic carbocycles. The Bertz CT molecular complexity index is 397. The van der Waals surface area contributed by atoms with Crippen LogP contribution in [0.3, 0.4) is 0 Å². The van der Waals surface area contributed by atoms with Gasteiger partial charge in [-0.3, -0.25) is 4.79 Å². The Kier molecular flexibility index (Phi) is 4.18. The highest BCUT2D eigenvalue weighted by molar-refractivity contribution is 5.97. The summed E-state index contributed by atoms with van der Waals surface area (Å²) < 4.78 is 0. The van der Waals surface area contributed by atoms with Crippen LogP contribution < -0.4 is 0 Å². The van der Waals surface area contributed by atoms with Crippen LogP contribution in [0.4, 0.5) is 0 Å². The molecular formula is C16H23NO. The molecule has 0 saturated heterocycles. The van der Waals surface area contributed by atoms with Crippen molar-refractivity contribution in [2.75, 3.05) is 13.6 Å². The normalized spacial score (nSPS) is 18.7. The smallest absolute Gasteiger partial charge is 0.166 e. The van der Waals surface area contributed by atoms with Gasteiger partial charge in [-0.15, -0.1) is 0 Å². The lowest BCUT2D eigenvalue weighted by Gasteiger charge is -2.27. The lowest BCUT2D eigenvalue weighted by Crippen LogP contribution is -2.36. The molecule has 0 spiro atoms. The minimum absolute atomic E-state index is 0.0681. The van der Waals surface area contributed by atoms with Gasteiger partial charge in [0.2, 0.25) is 0 Å². The SMILES string of the molecule is CC(CN(C)C(C)C1CC1)C(=O)c1ccccc1. The summed E-state index contributed by atoms with van der Waals surface area (Å²) in [4.78, 5) is 14.6. The fourth-order valence-electron chi connectivity index (χ4n) is 2.51. The number of nitrogens with zero attached hydrogens (tertiary/aromatic N) is 1. The number of carbonyl (C=O) groups is 1. The van der Waals surface area contributed by atoms with E-state index in [0.29, 0.717) is 6.04 Å². The van der Waals surface area contributed by atoms with Crippen molar-refractivity contribution in [3.63, 3.8) is 0 Å². The quantitative estimate of drug-likeness (QED) is 0.717. The van der Waals surface area contributed by atoms with Crippen LogP contribution in [0.2, 0.25) is 0 Å². The first-order chi connectivity index (χ1) is 8.59. The second kappa shape index (κ2) is 5.66. The van der Waals surface area contributed by atoms with E-state index in [4.69, 9.17) is 0 Å². The topological polar surface area (TPSA) is 20.3 Å². The molecule has 1 aliphatic rings. The Labute approximate surface area is 110 Å². The number of carbonyl (C=O) groups excluding carboxylic acids is 1. The molecule has 2 heteroatoms. The van der Waals surface area contributed by atoms with E-state index in [1.165, 1.54) is 12.8 Å². The zero-order valence-corrected chi connectivity index (χ0v) is 11.6. The van der Waals surface area contributed by atoms with Crippen LogP contribution in [0.1, 0.15) is 37.0 Å². The molecule has 0 aliphatic heterocycles. The lowest BCUT2D eigenvalue weighted by molar-refractivity contribution is 0.0885. The molecule has 1 saturated carbocycles. The number of Topliss-reactive ketones (excluding diaryl/α,β-unsaturated/α-hetero) is 1. The molecule has 0 amide bonds. The molecule has 2 rings (SSSR count). The Morgan fingerprint density at radius 3 is 2.44 bits per heavy atom. The maximum atomic E-state index is 12.3. The molecule has 0 bridgehead atoms. The molecule has 2 nitrogen and oxygen atoms in total. The van der Waals surface area contributed by atoms with Gasteiger partial charge in [-0.1, -0.05) is 37.3 Å². The van der Waals surface area contributed by atoms with Gasteiger partial charge in [0, 0.05) is 24.1 Å². The first-order valence-electron chi connectivity index (χ1n) is 6.89. The summed E-state index contributed by atoms with van der Waals surface area (Å²) in [6.45, 7) is 5.16. The van der Waals surface area contributed by atoms with Crippen molar-refractivity contribution in [2.24, 2.45) is 11.8 Å². The maximum Gasteiger partial charge on any atom is 0.166 e. The Balaban J connectivity index is 1.91. The van der Waals surface area contributed by atoms with Crippen LogP contribution in [0.25, 0.3) is 0 Å². The maximum absolute atomic E-state index is 12.3. The fourth-order valence-corrected chi connectivity index (χ4v) is 2.51. The molecule has 1 aromatic rings. The summed E-state index contributed by atoms with van der Waals surface area (Å²) >= 11 is 0. The molecule has 98 valence electrons. The highest BCUT2D eigenvalue weighted by Gasteiger charge is 2.31. The highest BCUT2D eigenvalue weighted by Crippen LogP contribution is 2.34. The van der Waals surface area contributed by atoms with Gasteiger partial charge in [0.1, 0.15) is 0 Å². The van der Waals surface area contributed by atoms with E-state index < -0.39 is 0 Å². The molecular weight excluding hydrogens is 222 g/mol. The first kappa shape index (κ1) is 13.3. The van der Waals surface area contributed by atoms with Crippen LogP contribution in [0.15, 0.2) is 30.3 Å². The summed E-state index contributed by atoms with van der Waals surface area (Å²) in [7, 11) is 2.14. The van der Waals surface area contributed by atoms with Crippen molar-refractivity contribution in [1.29, 1.82) is 0 Å². The van der Waals surface area contributed by atoms with Gasteiger partial charge in [-0.25, -0.2) is 0 Å². The minimum atomic E-state index is 0.0681. The van der Waals surface area contributed by atoms with Crippen molar-refractivity contribution in [2.45, 2.75) is 32.7 Å². The molecule has 18 heavy (non-hydrogen) atoms. The molecule has 1 fully saturated rings. The van der Waals surface area contributed by atoms with Crippen LogP contribution in [-0.4, -0.2) is 30.3 Å². The molecule has 0 heterocycles. The molecule has 1 aliphatic carbocycles. The second-order valence-corrected chi connectivity index (χ2v) is 5.65. The van der Waals surface area contributed by atoms with Crippen LogP contribution in [0, 0.1) is 11.8 Å². The third-order valence-electron chi connectivity index (χ3n) is 4.07. The first-order valence-corrected chi connectivity index (χ1v) is 6.89. The second-order valence-electron chi connectivity index (χ2n) is 5.65. The van der Waals surface area contributed by atoms with Gasteiger partial charge in [0.25, 0.3) is 0 Å². The number of hydrogen-bond donors (Lipinski definition) is 0. The minimum Gasteiger partial charge on any atom is -0.303 e. The summed E-state index contributed by atoms with van der Waals surface area (Å²) in [5.41, 5.74) is 0.831. The molecule has 2 unspecified atom stereocenters. The van der Waals surface area contributed by atoms with Gasteiger partial charge in [0.15, 0.2) is 5.78 Å². The number of rotatable bonds is 6. The molecule has 0 N–H and O–H groups in total.